The molecule has 0 aromatic heterocycles. The molecule has 3 rings (SSSR count). The largest absolute Gasteiger partial charge is 0.401 e. The molecule has 2 heterocycles. The monoisotopic (exact) mass is 371 g/mol. The maximum absolute atomic E-state index is 12.4. The van der Waals surface area contributed by atoms with Gasteiger partial charge in [-0.2, -0.15) is 13.2 Å². The van der Waals surface area contributed by atoms with E-state index in [9.17, 15) is 13.2 Å². The number of nitrogens with zero attached hydrogens (tertiary/aromatic N) is 1. The van der Waals surface area contributed by atoms with Crippen molar-refractivity contribution in [2.24, 2.45) is 5.92 Å². The summed E-state index contributed by atoms with van der Waals surface area (Å²) in [6.07, 6.45) is 1.16. The molecule has 0 amide bonds. The smallest absolute Gasteiger partial charge is 0.379 e. The maximum Gasteiger partial charge on any atom is 0.401 e. The van der Waals surface area contributed by atoms with E-state index >= 15 is 0 Å². The topological polar surface area (TPSA) is 36.5 Å². The number of ether oxygens (including phenoxy) is 1. The molecule has 3 fully saturated rings. The van der Waals surface area contributed by atoms with Crippen LogP contribution in [0, 0.1) is 5.92 Å². The Morgan fingerprint density at radius 2 is 1.88 bits per heavy atom. The van der Waals surface area contributed by atoms with Crippen LogP contribution in [0.3, 0.4) is 0 Å². The van der Waals surface area contributed by atoms with Crippen LogP contribution in [0.4, 0.5) is 13.2 Å². The second-order valence-corrected chi connectivity index (χ2v) is 7.17. The van der Waals surface area contributed by atoms with Crippen molar-refractivity contribution in [3.8, 4) is 0 Å². The van der Waals surface area contributed by atoms with E-state index in [-0.39, 0.29) is 12.4 Å². The summed E-state index contributed by atoms with van der Waals surface area (Å²) in [5.41, 5.74) is 0. The summed E-state index contributed by atoms with van der Waals surface area (Å²) in [5.74, 6) is 0.587. The van der Waals surface area contributed by atoms with E-state index in [4.69, 9.17) is 4.74 Å². The minimum atomic E-state index is -4.08. The van der Waals surface area contributed by atoms with E-state index in [1.807, 2.05) is 0 Å². The highest BCUT2D eigenvalue weighted by Gasteiger charge is 2.37. The lowest BCUT2D eigenvalue weighted by Gasteiger charge is -2.37. The van der Waals surface area contributed by atoms with Gasteiger partial charge in [-0.15, -0.1) is 12.4 Å². The Labute approximate surface area is 148 Å². The fourth-order valence-electron chi connectivity index (χ4n) is 4.35. The van der Waals surface area contributed by atoms with Gasteiger partial charge in [-0.25, -0.2) is 0 Å². The van der Waals surface area contributed by atoms with Gasteiger partial charge in [0.05, 0.1) is 19.8 Å². The number of hydrogen-bond donors (Lipinski definition) is 2. The van der Waals surface area contributed by atoms with Gasteiger partial charge in [-0.1, -0.05) is 6.42 Å². The fraction of sp³-hybridized carbons (Fsp3) is 1.00. The maximum atomic E-state index is 12.4. The van der Waals surface area contributed by atoms with Crippen LogP contribution in [0.1, 0.15) is 32.1 Å². The van der Waals surface area contributed by atoms with Crippen molar-refractivity contribution >= 4 is 12.4 Å². The lowest BCUT2D eigenvalue weighted by Crippen LogP contribution is -2.54. The van der Waals surface area contributed by atoms with E-state index in [0.717, 1.165) is 32.6 Å². The van der Waals surface area contributed by atoms with Gasteiger partial charge in [0.25, 0.3) is 0 Å². The molecule has 1 saturated carbocycles. The minimum absolute atomic E-state index is 0. The van der Waals surface area contributed by atoms with Crippen LogP contribution >= 0.6 is 12.4 Å². The summed E-state index contributed by atoms with van der Waals surface area (Å²) in [5, 5.41) is 7.31. The van der Waals surface area contributed by atoms with Gasteiger partial charge in [0.2, 0.25) is 0 Å². The third-order valence-corrected chi connectivity index (χ3v) is 5.48. The fourth-order valence-corrected chi connectivity index (χ4v) is 4.35. The molecule has 142 valence electrons. The standard InChI is InChI=1S/C16H28F3N3O.ClH/c17-16(18,19)11-22-7-4-12(5-8-22)21-14-3-1-2-13(14)15-10-23-9-6-20-15;/h12-15,20-21H,1-11H2;1H. The van der Waals surface area contributed by atoms with Gasteiger partial charge >= 0.3 is 6.18 Å². The summed E-state index contributed by atoms with van der Waals surface area (Å²) in [6, 6.07) is 1.26. The van der Waals surface area contributed by atoms with Crippen LogP contribution in [-0.4, -0.2) is 68.6 Å². The van der Waals surface area contributed by atoms with Gasteiger partial charge in [0, 0.05) is 24.7 Å². The summed E-state index contributed by atoms with van der Waals surface area (Å²) in [7, 11) is 0. The summed E-state index contributed by atoms with van der Waals surface area (Å²) >= 11 is 0. The number of nitrogens with one attached hydrogen (secondary N) is 2. The van der Waals surface area contributed by atoms with Crippen molar-refractivity contribution in [1.29, 1.82) is 0 Å². The summed E-state index contributed by atoms with van der Waals surface area (Å²) in [6.45, 7) is 2.81. The lowest BCUT2D eigenvalue weighted by atomic mass is 9.92. The molecule has 3 atom stereocenters. The van der Waals surface area contributed by atoms with E-state index in [1.165, 1.54) is 24.2 Å². The highest BCUT2D eigenvalue weighted by Crippen LogP contribution is 2.30. The molecule has 24 heavy (non-hydrogen) atoms. The van der Waals surface area contributed by atoms with E-state index < -0.39 is 12.7 Å². The normalized spacial score (nSPS) is 33.4. The van der Waals surface area contributed by atoms with Crippen LogP contribution in [0.2, 0.25) is 0 Å². The van der Waals surface area contributed by atoms with E-state index in [2.05, 4.69) is 10.6 Å². The van der Waals surface area contributed by atoms with Gasteiger partial charge in [0.15, 0.2) is 0 Å². The van der Waals surface area contributed by atoms with Crippen molar-refractivity contribution in [1.82, 2.24) is 15.5 Å². The minimum Gasteiger partial charge on any atom is -0.379 e. The Kier molecular flexibility index (Phi) is 7.61. The molecule has 2 saturated heterocycles. The van der Waals surface area contributed by atoms with Gasteiger partial charge < -0.3 is 15.4 Å². The van der Waals surface area contributed by atoms with Crippen molar-refractivity contribution in [2.75, 3.05) is 39.4 Å². The van der Waals surface area contributed by atoms with Crippen LogP contribution in [0.15, 0.2) is 0 Å². The van der Waals surface area contributed by atoms with E-state index in [0.29, 0.717) is 37.1 Å². The molecule has 0 aromatic carbocycles. The first-order valence-corrected chi connectivity index (χ1v) is 8.87. The highest BCUT2D eigenvalue weighted by molar-refractivity contribution is 5.85. The first-order valence-electron chi connectivity index (χ1n) is 8.87. The van der Waals surface area contributed by atoms with Gasteiger partial charge in [0.1, 0.15) is 0 Å². The molecule has 3 unspecified atom stereocenters. The molecule has 0 radical (unpaired) electrons. The van der Waals surface area contributed by atoms with E-state index in [1.54, 1.807) is 0 Å². The number of hydrogen-bond acceptors (Lipinski definition) is 4. The van der Waals surface area contributed by atoms with Gasteiger partial charge in [-0.3, -0.25) is 4.90 Å². The Bertz CT molecular complexity index is 372. The molecule has 3 aliphatic rings. The molecule has 0 aromatic rings. The Hall–Kier alpha value is -0.0800. The Balaban J connectivity index is 0.00000208. The summed E-state index contributed by atoms with van der Waals surface area (Å²) < 4.78 is 42.9. The second kappa shape index (κ2) is 9.03. The average molecular weight is 372 g/mol. The Morgan fingerprint density at radius 3 is 2.50 bits per heavy atom. The number of alkyl halides is 3. The van der Waals surface area contributed by atoms with Crippen LogP contribution < -0.4 is 10.6 Å². The molecule has 0 bridgehead atoms. The summed E-state index contributed by atoms with van der Waals surface area (Å²) in [4.78, 5) is 1.53. The third kappa shape index (κ3) is 5.73. The second-order valence-electron chi connectivity index (χ2n) is 7.17. The number of morpholine rings is 1. The molecule has 8 heteroatoms. The molecule has 2 aliphatic heterocycles. The molecule has 1 aliphatic carbocycles. The van der Waals surface area contributed by atoms with Crippen molar-refractivity contribution in [3.05, 3.63) is 0 Å². The Morgan fingerprint density at radius 1 is 1.12 bits per heavy atom. The van der Waals surface area contributed by atoms with Crippen LogP contribution in [0.25, 0.3) is 0 Å². The zero-order valence-corrected chi connectivity index (χ0v) is 14.8. The van der Waals surface area contributed by atoms with Crippen LogP contribution in [-0.2, 0) is 4.74 Å². The predicted octanol–water partition coefficient (Wildman–Crippen LogP) is 2.18. The highest BCUT2D eigenvalue weighted by atomic mass is 35.5. The molecular formula is C16H29ClF3N3O. The van der Waals surface area contributed by atoms with Crippen molar-refractivity contribution < 1.29 is 17.9 Å². The quantitative estimate of drug-likeness (QED) is 0.794. The third-order valence-electron chi connectivity index (χ3n) is 5.48. The first kappa shape index (κ1) is 20.2. The number of piperidine rings is 1. The van der Waals surface area contributed by atoms with Crippen molar-refractivity contribution in [2.45, 2.75) is 56.4 Å². The number of rotatable bonds is 4. The predicted molar refractivity (Wildman–Crippen MR) is 89.6 cm³/mol. The van der Waals surface area contributed by atoms with Gasteiger partial charge in [-0.05, 0) is 44.7 Å². The SMILES string of the molecule is Cl.FC(F)(F)CN1CCC(NC2CCCC2C2COCCN2)CC1. The molecule has 0 spiro atoms. The van der Waals surface area contributed by atoms with Crippen LogP contribution in [0.5, 0.6) is 0 Å². The lowest BCUT2D eigenvalue weighted by molar-refractivity contribution is -0.148. The first-order chi connectivity index (χ1) is 11.0. The number of likely N-dealkylation sites (tertiary alicyclic amines) is 1. The van der Waals surface area contributed by atoms with Crippen molar-refractivity contribution in [3.63, 3.8) is 0 Å². The molecule has 4 nitrogen and oxygen atoms in total. The molecule has 2 N–H and O–H groups in total. The zero-order valence-electron chi connectivity index (χ0n) is 14.0. The zero-order chi connectivity index (χ0) is 16.3. The molecular weight excluding hydrogens is 343 g/mol. The number of halogens is 4. The average Bonchev–Trinajstić information content (AvgIpc) is 2.97.